The summed E-state index contributed by atoms with van der Waals surface area (Å²) in [7, 11) is -3.56. The Bertz CT molecular complexity index is 679. The van der Waals surface area contributed by atoms with Crippen LogP contribution in [0.25, 0.3) is 0 Å². The Labute approximate surface area is 130 Å². The van der Waals surface area contributed by atoms with Crippen LogP contribution >= 0.6 is 11.3 Å². The molecule has 0 bridgehead atoms. The van der Waals surface area contributed by atoms with Gasteiger partial charge in [0.15, 0.2) is 0 Å². The minimum Gasteiger partial charge on any atom is -0.326 e. The quantitative estimate of drug-likeness (QED) is 0.858. The third kappa shape index (κ3) is 3.91. The van der Waals surface area contributed by atoms with Crippen LogP contribution in [-0.2, 0) is 16.6 Å². The molecule has 2 rings (SSSR count). The van der Waals surface area contributed by atoms with Crippen molar-refractivity contribution >= 4 is 21.4 Å². The first kappa shape index (κ1) is 16.2. The average molecular weight is 324 g/mol. The fourth-order valence-corrected chi connectivity index (χ4v) is 4.52. The van der Waals surface area contributed by atoms with E-state index in [4.69, 9.17) is 5.73 Å². The minimum atomic E-state index is -3.56. The summed E-state index contributed by atoms with van der Waals surface area (Å²) in [5, 5.41) is 1.95. The largest absolute Gasteiger partial charge is 0.326 e. The second kappa shape index (κ2) is 6.70. The topological polar surface area (TPSA) is 72.2 Å². The van der Waals surface area contributed by atoms with Crippen LogP contribution in [0.4, 0.5) is 0 Å². The maximum Gasteiger partial charge on any atom is 0.241 e. The molecule has 1 aromatic carbocycles. The zero-order chi connectivity index (χ0) is 15.5. The van der Waals surface area contributed by atoms with E-state index in [1.807, 2.05) is 37.4 Å². The Morgan fingerprint density at radius 2 is 2.00 bits per heavy atom. The van der Waals surface area contributed by atoms with Crippen molar-refractivity contribution in [3.8, 4) is 0 Å². The van der Waals surface area contributed by atoms with E-state index < -0.39 is 10.0 Å². The number of rotatable bonds is 6. The van der Waals surface area contributed by atoms with Gasteiger partial charge in [0.05, 0.1) is 10.9 Å². The van der Waals surface area contributed by atoms with E-state index in [2.05, 4.69) is 4.72 Å². The molecule has 0 saturated heterocycles. The van der Waals surface area contributed by atoms with Crippen molar-refractivity contribution in [1.82, 2.24) is 4.72 Å². The van der Waals surface area contributed by atoms with E-state index in [0.29, 0.717) is 6.54 Å². The van der Waals surface area contributed by atoms with Crippen LogP contribution in [0.1, 0.15) is 30.3 Å². The molecule has 0 aliphatic carbocycles. The molecule has 1 aromatic heterocycles. The van der Waals surface area contributed by atoms with Gasteiger partial charge in [-0.05, 0) is 35.1 Å². The molecule has 6 heteroatoms. The summed E-state index contributed by atoms with van der Waals surface area (Å²) in [6.45, 7) is 4.33. The Morgan fingerprint density at radius 3 is 2.57 bits per heavy atom. The van der Waals surface area contributed by atoms with Gasteiger partial charge < -0.3 is 5.73 Å². The van der Waals surface area contributed by atoms with E-state index in [0.717, 1.165) is 10.4 Å². The van der Waals surface area contributed by atoms with Crippen LogP contribution in [0, 0.1) is 5.92 Å². The summed E-state index contributed by atoms with van der Waals surface area (Å²) >= 11 is 1.56. The molecule has 4 nitrogen and oxygen atoms in total. The first-order valence-corrected chi connectivity index (χ1v) is 9.15. The zero-order valence-corrected chi connectivity index (χ0v) is 13.7. The molecular weight excluding hydrogens is 304 g/mol. The molecule has 0 spiro atoms. The number of nitrogens with one attached hydrogen (secondary N) is 1. The van der Waals surface area contributed by atoms with Crippen LogP contribution in [0.2, 0.25) is 0 Å². The number of hydrogen-bond donors (Lipinski definition) is 2. The van der Waals surface area contributed by atoms with Crippen molar-refractivity contribution in [3.63, 3.8) is 0 Å². The first-order chi connectivity index (χ1) is 9.94. The van der Waals surface area contributed by atoms with Gasteiger partial charge in [-0.25, -0.2) is 13.1 Å². The van der Waals surface area contributed by atoms with Gasteiger partial charge in [0.25, 0.3) is 0 Å². The van der Waals surface area contributed by atoms with Gasteiger partial charge in [-0.3, -0.25) is 0 Å². The molecule has 0 fully saturated rings. The van der Waals surface area contributed by atoms with E-state index >= 15 is 0 Å². The normalized spacial score (nSPS) is 13.5. The molecule has 3 N–H and O–H groups in total. The first-order valence-electron chi connectivity index (χ1n) is 6.79. The lowest BCUT2D eigenvalue weighted by atomic mass is 10.0. The summed E-state index contributed by atoms with van der Waals surface area (Å²) in [5.41, 5.74) is 6.38. The highest BCUT2D eigenvalue weighted by molar-refractivity contribution is 7.89. The van der Waals surface area contributed by atoms with Crippen LogP contribution in [-0.4, -0.2) is 8.42 Å². The van der Waals surface area contributed by atoms with Crippen LogP contribution in [0.5, 0.6) is 0 Å². The van der Waals surface area contributed by atoms with Gasteiger partial charge >= 0.3 is 0 Å². The summed E-state index contributed by atoms with van der Waals surface area (Å²) in [5.74, 6) is 0.163. The fraction of sp³-hybridized carbons (Fsp3) is 0.333. The predicted octanol–water partition coefficient (Wildman–Crippen LogP) is 2.88. The summed E-state index contributed by atoms with van der Waals surface area (Å²) < 4.78 is 27.9. The van der Waals surface area contributed by atoms with E-state index in [-0.39, 0.29) is 16.9 Å². The average Bonchev–Trinajstić information content (AvgIpc) is 2.98. The predicted molar refractivity (Wildman–Crippen MR) is 86.6 cm³/mol. The van der Waals surface area contributed by atoms with Gasteiger partial charge in [0.2, 0.25) is 10.0 Å². The third-order valence-corrected chi connectivity index (χ3v) is 5.64. The van der Waals surface area contributed by atoms with Gasteiger partial charge in [-0.2, -0.15) is 0 Å². The fourth-order valence-electron chi connectivity index (χ4n) is 2.07. The maximum atomic E-state index is 12.6. The second-order valence-corrected chi connectivity index (χ2v) is 7.90. The van der Waals surface area contributed by atoms with Crippen LogP contribution in [0.3, 0.4) is 0 Å². The monoisotopic (exact) mass is 324 g/mol. The Morgan fingerprint density at radius 1 is 1.24 bits per heavy atom. The molecule has 1 heterocycles. The molecular formula is C15H20N2O2S2. The maximum absolute atomic E-state index is 12.6. The molecule has 0 aliphatic heterocycles. The lowest BCUT2D eigenvalue weighted by Gasteiger charge is -2.21. The Hall–Kier alpha value is -1.21. The van der Waals surface area contributed by atoms with Crippen molar-refractivity contribution in [2.24, 2.45) is 11.7 Å². The van der Waals surface area contributed by atoms with Gasteiger partial charge in [-0.15, -0.1) is 11.3 Å². The highest BCUT2D eigenvalue weighted by Crippen LogP contribution is 2.27. The highest BCUT2D eigenvalue weighted by Gasteiger charge is 2.24. The lowest BCUT2D eigenvalue weighted by Crippen LogP contribution is -2.31. The third-order valence-electron chi connectivity index (χ3n) is 3.24. The van der Waals surface area contributed by atoms with Gasteiger partial charge in [0, 0.05) is 11.4 Å². The number of nitrogens with two attached hydrogens (primary N) is 1. The molecule has 0 amide bonds. The van der Waals surface area contributed by atoms with Crippen molar-refractivity contribution < 1.29 is 8.42 Å². The minimum absolute atomic E-state index is 0.163. The number of thiophene rings is 1. The molecule has 0 radical (unpaired) electrons. The number of benzene rings is 1. The van der Waals surface area contributed by atoms with E-state index in [1.54, 1.807) is 29.5 Å². The van der Waals surface area contributed by atoms with Crippen molar-refractivity contribution in [1.29, 1.82) is 0 Å². The van der Waals surface area contributed by atoms with Gasteiger partial charge in [-0.1, -0.05) is 32.0 Å². The van der Waals surface area contributed by atoms with Crippen LogP contribution in [0.15, 0.2) is 46.7 Å². The van der Waals surface area contributed by atoms with Crippen molar-refractivity contribution in [2.75, 3.05) is 0 Å². The Kier molecular flexibility index (Phi) is 5.16. The molecule has 2 aromatic rings. The smallest absolute Gasteiger partial charge is 0.241 e. The zero-order valence-electron chi connectivity index (χ0n) is 12.1. The van der Waals surface area contributed by atoms with Crippen LogP contribution < -0.4 is 10.5 Å². The standard InChI is InChI=1S/C15H20N2O2S2/c1-11(2)15(14-7-4-8-20-14)17-21(18,19)13-6-3-5-12(9-13)10-16/h3-9,11,15,17H,10,16H2,1-2H3. The van der Waals surface area contributed by atoms with Gasteiger partial charge in [0.1, 0.15) is 0 Å². The lowest BCUT2D eigenvalue weighted by molar-refractivity contribution is 0.469. The molecule has 21 heavy (non-hydrogen) atoms. The highest BCUT2D eigenvalue weighted by atomic mass is 32.2. The number of sulfonamides is 1. The summed E-state index contributed by atoms with van der Waals surface area (Å²) in [6, 6.07) is 10.4. The molecule has 0 saturated carbocycles. The molecule has 1 unspecified atom stereocenters. The molecule has 0 aliphatic rings. The van der Waals surface area contributed by atoms with E-state index in [9.17, 15) is 8.42 Å². The van der Waals surface area contributed by atoms with Crippen molar-refractivity contribution in [3.05, 3.63) is 52.2 Å². The van der Waals surface area contributed by atoms with Crippen molar-refractivity contribution in [2.45, 2.75) is 31.3 Å². The SMILES string of the molecule is CC(C)C(NS(=O)(=O)c1cccc(CN)c1)c1cccs1. The van der Waals surface area contributed by atoms with E-state index in [1.165, 1.54) is 0 Å². The summed E-state index contributed by atoms with van der Waals surface area (Å²) in [4.78, 5) is 1.27. The number of hydrogen-bond acceptors (Lipinski definition) is 4. The second-order valence-electron chi connectivity index (χ2n) is 5.21. The summed E-state index contributed by atoms with van der Waals surface area (Å²) in [6.07, 6.45) is 0. The molecule has 114 valence electrons. The molecule has 1 atom stereocenters. The Balaban J connectivity index is 2.30.